The molecule has 32 heavy (non-hydrogen) atoms. The molecule has 1 atom stereocenters. The highest BCUT2D eigenvalue weighted by Crippen LogP contribution is 2.15. The smallest absolute Gasteiger partial charge is 0.276 e. The number of nitro benzene ring substituents is 1. The number of hydrogen-bond donors (Lipinski definition) is 3. The van der Waals surface area contributed by atoms with Crippen LogP contribution in [0.5, 0.6) is 5.75 Å². The Hall–Kier alpha value is -3.67. The second-order valence-electron chi connectivity index (χ2n) is 6.37. The van der Waals surface area contributed by atoms with Crippen LogP contribution in [0.25, 0.3) is 0 Å². The average molecular weight is 464 g/mol. The second-order valence-corrected chi connectivity index (χ2v) is 7.36. The lowest BCUT2D eigenvalue weighted by molar-refractivity contribution is -0.384. The third kappa shape index (κ3) is 7.54. The lowest BCUT2D eigenvalue weighted by atomic mass is 10.1. The maximum Gasteiger partial charge on any atom is 0.276 e. The number of amides is 3. The molecule has 170 valence electrons. The largest absolute Gasteiger partial charge is 0.481 e. The summed E-state index contributed by atoms with van der Waals surface area (Å²) in [4.78, 5) is 47.1. The van der Waals surface area contributed by atoms with Gasteiger partial charge < -0.3 is 10.1 Å². The van der Waals surface area contributed by atoms with Gasteiger partial charge in [0.05, 0.1) is 4.92 Å². The van der Waals surface area contributed by atoms with Gasteiger partial charge in [-0.15, -0.1) is 0 Å². The molecule has 0 aliphatic carbocycles. The number of nitrogens with one attached hydrogen (secondary N) is 3. The van der Waals surface area contributed by atoms with Crippen LogP contribution in [-0.2, 0) is 9.59 Å². The molecule has 0 heterocycles. The summed E-state index contributed by atoms with van der Waals surface area (Å²) < 4.78 is 18.5. The van der Waals surface area contributed by atoms with Gasteiger partial charge >= 0.3 is 0 Å². The molecule has 0 aromatic heterocycles. The van der Waals surface area contributed by atoms with Crippen molar-refractivity contribution in [2.75, 3.05) is 18.6 Å². The molecule has 3 amide bonds. The van der Waals surface area contributed by atoms with Gasteiger partial charge in [-0.2, -0.15) is 11.8 Å². The number of rotatable bonds is 10. The topological polar surface area (TPSA) is 140 Å². The SMILES string of the molecule is CSCCC(NC(=O)c1cccc([N+](=O)[O-])c1)C(=O)NNC(=O)COc1ccccc1F. The van der Waals surface area contributed by atoms with Crippen LogP contribution in [0.15, 0.2) is 48.5 Å². The highest BCUT2D eigenvalue weighted by Gasteiger charge is 2.22. The number of non-ortho nitro benzene ring substituents is 1. The fraction of sp³-hybridized carbons (Fsp3) is 0.250. The molecule has 0 aliphatic heterocycles. The molecule has 0 aliphatic rings. The van der Waals surface area contributed by atoms with E-state index in [0.29, 0.717) is 5.75 Å². The van der Waals surface area contributed by atoms with E-state index in [1.54, 1.807) is 6.07 Å². The predicted molar refractivity (Wildman–Crippen MR) is 116 cm³/mol. The van der Waals surface area contributed by atoms with Crippen molar-refractivity contribution in [2.24, 2.45) is 0 Å². The number of carbonyl (C=O) groups excluding carboxylic acids is 3. The molecule has 0 radical (unpaired) electrons. The Kier molecular flexibility index (Phi) is 9.42. The molecule has 10 nitrogen and oxygen atoms in total. The highest BCUT2D eigenvalue weighted by atomic mass is 32.2. The predicted octanol–water partition coefficient (Wildman–Crippen LogP) is 1.81. The van der Waals surface area contributed by atoms with Crippen molar-refractivity contribution in [1.29, 1.82) is 0 Å². The number of ether oxygens (including phenoxy) is 1. The second kappa shape index (κ2) is 12.2. The summed E-state index contributed by atoms with van der Waals surface area (Å²) in [6, 6.07) is 9.61. The van der Waals surface area contributed by atoms with Gasteiger partial charge in [-0.3, -0.25) is 35.3 Å². The molecule has 12 heteroatoms. The third-order valence-corrected chi connectivity index (χ3v) is 4.72. The summed E-state index contributed by atoms with van der Waals surface area (Å²) in [7, 11) is 0. The molecule has 2 rings (SSSR count). The van der Waals surface area contributed by atoms with Crippen LogP contribution < -0.4 is 20.9 Å². The summed E-state index contributed by atoms with van der Waals surface area (Å²) in [5, 5.41) is 13.4. The van der Waals surface area contributed by atoms with E-state index in [2.05, 4.69) is 16.2 Å². The summed E-state index contributed by atoms with van der Waals surface area (Å²) >= 11 is 1.44. The summed E-state index contributed by atoms with van der Waals surface area (Å²) in [5.74, 6) is -2.34. The van der Waals surface area contributed by atoms with Crippen molar-refractivity contribution >= 4 is 35.2 Å². The third-order valence-electron chi connectivity index (χ3n) is 4.07. The van der Waals surface area contributed by atoms with Crippen molar-refractivity contribution in [3.05, 3.63) is 70.0 Å². The number of nitrogens with zero attached hydrogens (tertiary/aromatic N) is 1. The van der Waals surface area contributed by atoms with Gasteiger partial charge in [-0.1, -0.05) is 18.2 Å². The zero-order valence-corrected chi connectivity index (χ0v) is 17.8. The van der Waals surface area contributed by atoms with Crippen LogP contribution in [0, 0.1) is 15.9 Å². The van der Waals surface area contributed by atoms with Crippen LogP contribution in [0.4, 0.5) is 10.1 Å². The van der Waals surface area contributed by atoms with Crippen molar-refractivity contribution in [3.8, 4) is 5.75 Å². The van der Waals surface area contributed by atoms with Crippen molar-refractivity contribution in [3.63, 3.8) is 0 Å². The minimum atomic E-state index is -1.01. The van der Waals surface area contributed by atoms with Gasteiger partial charge in [-0.25, -0.2) is 4.39 Å². The number of nitro groups is 1. The van der Waals surface area contributed by atoms with Crippen LogP contribution in [0.2, 0.25) is 0 Å². The number of halogens is 1. The molecule has 0 spiro atoms. The first kappa shape index (κ1) is 24.6. The Bertz CT molecular complexity index is 990. The normalized spacial score (nSPS) is 11.2. The summed E-state index contributed by atoms with van der Waals surface area (Å²) in [6.07, 6.45) is 2.06. The maximum atomic E-state index is 13.5. The molecule has 2 aromatic rings. The van der Waals surface area contributed by atoms with Crippen molar-refractivity contribution in [1.82, 2.24) is 16.2 Å². The number of carbonyl (C=O) groups is 3. The van der Waals surface area contributed by atoms with E-state index in [4.69, 9.17) is 4.74 Å². The standard InChI is InChI=1S/C20H21FN4O6S/c1-32-10-9-16(22-19(27)13-5-4-6-14(11-13)25(29)30)20(28)24-23-18(26)12-31-17-8-3-2-7-15(17)21/h2-8,11,16H,9-10,12H2,1H3,(H,22,27)(H,23,26)(H,24,28). The van der Waals surface area contributed by atoms with E-state index in [1.807, 2.05) is 6.26 Å². The van der Waals surface area contributed by atoms with E-state index in [9.17, 15) is 28.9 Å². The molecule has 1 unspecified atom stereocenters. The lowest BCUT2D eigenvalue weighted by Gasteiger charge is -2.18. The van der Waals surface area contributed by atoms with Gasteiger partial charge in [-0.05, 0) is 36.6 Å². The first-order chi connectivity index (χ1) is 15.3. The fourth-order valence-corrected chi connectivity index (χ4v) is 2.94. The molecule has 0 saturated carbocycles. The molecular formula is C20H21FN4O6S. The Morgan fingerprint density at radius 3 is 2.59 bits per heavy atom. The molecule has 0 fully saturated rings. The Morgan fingerprint density at radius 2 is 1.91 bits per heavy atom. The van der Waals surface area contributed by atoms with E-state index in [0.717, 1.165) is 6.07 Å². The van der Waals surface area contributed by atoms with Gasteiger partial charge in [0.1, 0.15) is 6.04 Å². The summed E-state index contributed by atoms with van der Waals surface area (Å²) in [5.41, 5.74) is 4.07. The highest BCUT2D eigenvalue weighted by molar-refractivity contribution is 7.98. The Labute approximate surface area is 187 Å². The van der Waals surface area contributed by atoms with Crippen molar-refractivity contribution in [2.45, 2.75) is 12.5 Å². The number of para-hydroxylation sites is 1. The average Bonchev–Trinajstić information content (AvgIpc) is 2.79. The zero-order valence-electron chi connectivity index (χ0n) is 17.0. The van der Waals surface area contributed by atoms with Gasteiger partial charge in [0, 0.05) is 17.7 Å². The van der Waals surface area contributed by atoms with E-state index in [1.165, 1.54) is 48.2 Å². The maximum absolute atomic E-state index is 13.5. The van der Waals surface area contributed by atoms with Crippen molar-refractivity contribution < 1.29 is 28.4 Å². The molecular weight excluding hydrogens is 443 g/mol. The molecule has 0 saturated heterocycles. The van der Waals surface area contributed by atoms with E-state index in [-0.39, 0.29) is 23.4 Å². The van der Waals surface area contributed by atoms with E-state index < -0.39 is 41.1 Å². The van der Waals surface area contributed by atoms with Crippen LogP contribution >= 0.6 is 11.8 Å². The fourth-order valence-electron chi connectivity index (χ4n) is 2.47. The van der Waals surface area contributed by atoms with Gasteiger partial charge in [0.15, 0.2) is 18.2 Å². The van der Waals surface area contributed by atoms with Crippen LogP contribution in [0.1, 0.15) is 16.8 Å². The zero-order chi connectivity index (χ0) is 23.5. The monoisotopic (exact) mass is 464 g/mol. The number of hydrazine groups is 1. The minimum Gasteiger partial charge on any atom is -0.481 e. The molecule has 3 N–H and O–H groups in total. The minimum absolute atomic E-state index is 0.0171. The van der Waals surface area contributed by atoms with Gasteiger partial charge in [0.25, 0.3) is 23.4 Å². The Balaban J connectivity index is 1.93. The van der Waals surface area contributed by atoms with Gasteiger partial charge in [0.2, 0.25) is 0 Å². The summed E-state index contributed by atoms with van der Waals surface area (Å²) in [6.45, 7) is -0.545. The number of benzene rings is 2. The first-order valence-corrected chi connectivity index (χ1v) is 10.7. The number of hydrogen-bond acceptors (Lipinski definition) is 7. The van der Waals surface area contributed by atoms with Crippen LogP contribution in [-0.4, -0.2) is 47.3 Å². The Morgan fingerprint density at radius 1 is 1.16 bits per heavy atom. The van der Waals surface area contributed by atoms with E-state index >= 15 is 0 Å². The quantitative estimate of drug-likeness (QED) is 0.360. The molecule has 2 aromatic carbocycles. The number of thioether (sulfide) groups is 1. The van der Waals surface area contributed by atoms with Crippen LogP contribution in [0.3, 0.4) is 0 Å². The lowest BCUT2D eigenvalue weighted by Crippen LogP contribution is -2.53. The first-order valence-electron chi connectivity index (χ1n) is 9.32. The molecule has 0 bridgehead atoms.